The van der Waals surface area contributed by atoms with Crippen LogP contribution in [0.4, 0.5) is 11.5 Å². The Hall–Kier alpha value is -2.36. The summed E-state index contributed by atoms with van der Waals surface area (Å²) >= 11 is 0. The van der Waals surface area contributed by atoms with Crippen LogP contribution in [0.3, 0.4) is 0 Å². The van der Waals surface area contributed by atoms with E-state index in [0.717, 1.165) is 24.2 Å². The van der Waals surface area contributed by atoms with Gasteiger partial charge in [0.15, 0.2) is 5.78 Å². The van der Waals surface area contributed by atoms with Crippen LogP contribution in [-0.2, 0) is 6.42 Å². The van der Waals surface area contributed by atoms with E-state index >= 15 is 0 Å². The molecule has 4 nitrogen and oxygen atoms in total. The lowest BCUT2D eigenvalue weighted by Crippen LogP contribution is -2.09. The fraction of sp³-hybridized carbons (Fsp3) is 0.200. The van der Waals surface area contributed by atoms with Crippen LogP contribution >= 0.6 is 0 Å². The van der Waals surface area contributed by atoms with E-state index in [0.29, 0.717) is 16.9 Å². The summed E-state index contributed by atoms with van der Waals surface area (Å²) in [7, 11) is 0. The molecule has 0 saturated heterocycles. The minimum absolute atomic E-state index is 0.0576. The average Bonchev–Trinajstić information content (AvgIpc) is 2.85. The highest BCUT2D eigenvalue weighted by Gasteiger charge is 2.18. The predicted octanol–water partition coefficient (Wildman–Crippen LogP) is 2.17. The molecule has 0 saturated carbocycles. The number of nitrogens with zero attached hydrogens (tertiary/aromatic N) is 1. The van der Waals surface area contributed by atoms with E-state index < -0.39 is 0 Å². The van der Waals surface area contributed by atoms with Crippen molar-refractivity contribution in [3.63, 3.8) is 0 Å². The van der Waals surface area contributed by atoms with Gasteiger partial charge < -0.3 is 11.1 Å². The highest BCUT2D eigenvalue weighted by molar-refractivity contribution is 6.12. The summed E-state index contributed by atoms with van der Waals surface area (Å²) in [5.41, 5.74) is 10.2. The molecule has 4 heteroatoms. The zero-order valence-electron chi connectivity index (χ0n) is 10.7. The number of hydrogen-bond acceptors (Lipinski definition) is 4. The average molecular weight is 253 g/mol. The van der Waals surface area contributed by atoms with Gasteiger partial charge in [0.25, 0.3) is 0 Å². The maximum absolute atomic E-state index is 12.5. The van der Waals surface area contributed by atoms with E-state index in [1.54, 1.807) is 12.3 Å². The summed E-state index contributed by atoms with van der Waals surface area (Å²) in [5, 5.41) is 3.28. The van der Waals surface area contributed by atoms with E-state index in [9.17, 15) is 4.79 Å². The van der Waals surface area contributed by atoms with E-state index in [4.69, 9.17) is 5.73 Å². The van der Waals surface area contributed by atoms with Crippen LogP contribution in [-0.4, -0.2) is 17.3 Å². The van der Waals surface area contributed by atoms with Crippen LogP contribution in [0.5, 0.6) is 0 Å². The van der Waals surface area contributed by atoms with E-state index in [1.807, 2.05) is 25.1 Å². The zero-order valence-corrected chi connectivity index (χ0v) is 10.7. The summed E-state index contributed by atoms with van der Waals surface area (Å²) < 4.78 is 0. The molecule has 1 aromatic heterocycles. The Kier molecular flexibility index (Phi) is 2.71. The van der Waals surface area contributed by atoms with Gasteiger partial charge in [-0.25, -0.2) is 4.98 Å². The Labute approximate surface area is 111 Å². The van der Waals surface area contributed by atoms with Gasteiger partial charge in [0.2, 0.25) is 0 Å². The van der Waals surface area contributed by atoms with Crippen LogP contribution in [0, 0.1) is 6.92 Å². The molecule has 0 bridgehead atoms. The SMILES string of the molecule is Cc1ccnc(N)c1C(=O)c1ccc2c(c1)CCN2. The number of carbonyl (C=O) groups is 1. The summed E-state index contributed by atoms with van der Waals surface area (Å²) in [6, 6.07) is 7.55. The lowest BCUT2D eigenvalue weighted by atomic mass is 9.98. The van der Waals surface area contributed by atoms with Crippen LogP contribution in [0.2, 0.25) is 0 Å². The van der Waals surface area contributed by atoms with Crippen molar-refractivity contribution in [2.75, 3.05) is 17.6 Å². The summed E-state index contributed by atoms with van der Waals surface area (Å²) in [6.07, 6.45) is 2.58. The van der Waals surface area contributed by atoms with Gasteiger partial charge in [-0.15, -0.1) is 0 Å². The van der Waals surface area contributed by atoms with Gasteiger partial charge in [0, 0.05) is 24.0 Å². The third-order valence-electron chi connectivity index (χ3n) is 3.49. The van der Waals surface area contributed by atoms with Gasteiger partial charge in [0.05, 0.1) is 5.56 Å². The quantitative estimate of drug-likeness (QED) is 0.805. The van der Waals surface area contributed by atoms with Crippen molar-refractivity contribution in [3.8, 4) is 0 Å². The van der Waals surface area contributed by atoms with Gasteiger partial charge in [-0.3, -0.25) is 4.79 Å². The Balaban J connectivity index is 2.05. The number of pyridine rings is 1. The van der Waals surface area contributed by atoms with Crippen LogP contribution in [0.25, 0.3) is 0 Å². The van der Waals surface area contributed by atoms with Gasteiger partial charge >= 0.3 is 0 Å². The molecule has 0 unspecified atom stereocenters. The molecule has 0 fully saturated rings. The number of nitrogens with one attached hydrogen (secondary N) is 1. The minimum Gasteiger partial charge on any atom is -0.384 e. The molecule has 96 valence electrons. The number of aromatic nitrogens is 1. The Bertz CT molecular complexity index is 644. The van der Waals surface area contributed by atoms with Crippen LogP contribution in [0.1, 0.15) is 27.0 Å². The van der Waals surface area contributed by atoms with Crippen molar-refractivity contribution < 1.29 is 4.79 Å². The molecule has 1 aliphatic heterocycles. The van der Waals surface area contributed by atoms with Gasteiger partial charge in [-0.05, 0) is 48.7 Å². The smallest absolute Gasteiger partial charge is 0.197 e. The first-order valence-corrected chi connectivity index (χ1v) is 6.29. The van der Waals surface area contributed by atoms with Gasteiger partial charge in [0.1, 0.15) is 5.82 Å². The number of benzene rings is 1. The molecule has 1 aromatic carbocycles. The largest absolute Gasteiger partial charge is 0.384 e. The molecule has 0 atom stereocenters. The van der Waals surface area contributed by atoms with Crippen molar-refractivity contribution in [1.82, 2.24) is 4.98 Å². The molecule has 1 aliphatic rings. The molecule has 0 amide bonds. The molecule has 3 N–H and O–H groups in total. The number of aryl methyl sites for hydroxylation is 1. The lowest BCUT2D eigenvalue weighted by molar-refractivity contribution is 0.103. The Morgan fingerprint density at radius 1 is 1.37 bits per heavy atom. The molecule has 0 radical (unpaired) electrons. The molecule has 0 aliphatic carbocycles. The fourth-order valence-corrected chi connectivity index (χ4v) is 2.47. The normalized spacial score (nSPS) is 12.9. The lowest BCUT2D eigenvalue weighted by Gasteiger charge is -2.08. The fourth-order valence-electron chi connectivity index (χ4n) is 2.47. The topological polar surface area (TPSA) is 68.0 Å². The van der Waals surface area contributed by atoms with Crippen molar-refractivity contribution in [1.29, 1.82) is 0 Å². The second-order valence-corrected chi connectivity index (χ2v) is 4.77. The monoisotopic (exact) mass is 253 g/mol. The van der Waals surface area contributed by atoms with Gasteiger partial charge in [-0.2, -0.15) is 0 Å². The number of nitrogens with two attached hydrogens (primary N) is 1. The van der Waals surface area contributed by atoms with Crippen LogP contribution < -0.4 is 11.1 Å². The summed E-state index contributed by atoms with van der Waals surface area (Å²) in [6.45, 7) is 2.81. The second kappa shape index (κ2) is 4.39. The molecule has 19 heavy (non-hydrogen) atoms. The molecule has 3 rings (SSSR count). The Morgan fingerprint density at radius 3 is 3.00 bits per heavy atom. The van der Waals surface area contributed by atoms with E-state index in [2.05, 4.69) is 10.3 Å². The summed E-state index contributed by atoms with van der Waals surface area (Å²) in [4.78, 5) is 16.6. The Morgan fingerprint density at radius 2 is 2.21 bits per heavy atom. The molecule has 2 heterocycles. The van der Waals surface area contributed by atoms with E-state index in [1.165, 1.54) is 5.56 Å². The number of fused-ring (bicyclic) bond motifs is 1. The maximum Gasteiger partial charge on any atom is 0.197 e. The summed E-state index contributed by atoms with van der Waals surface area (Å²) in [5.74, 6) is 0.237. The number of anilines is 2. The highest BCUT2D eigenvalue weighted by atomic mass is 16.1. The number of nitrogen functional groups attached to an aromatic ring is 1. The second-order valence-electron chi connectivity index (χ2n) is 4.77. The van der Waals surface area contributed by atoms with Crippen molar-refractivity contribution in [2.45, 2.75) is 13.3 Å². The predicted molar refractivity (Wildman–Crippen MR) is 75.5 cm³/mol. The first-order chi connectivity index (χ1) is 9.16. The number of ketones is 1. The van der Waals surface area contributed by atoms with E-state index in [-0.39, 0.29) is 5.78 Å². The third kappa shape index (κ3) is 1.95. The highest BCUT2D eigenvalue weighted by Crippen LogP contribution is 2.25. The molecule has 0 spiro atoms. The number of carbonyl (C=O) groups excluding carboxylic acids is 1. The first-order valence-electron chi connectivity index (χ1n) is 6.29. The molecular weight excluding hydrogens is 238 g/mol. The number of rotatable bonds is 2. The minimum atomic E-state index is -0.0576. The number of hydrogen-bond donors (Lipinski definition) is 2. The first kappa shape index (κ1) is 11.7. The third-order valence-corrected chi connectivity index (χ3v) is 3.49. The van der Waals surface area contributed by atoms with Crippen molar-refractivity contribution in [2.24, 2.45) is 0 Å². The van der Waals surface area contributed by atoms with Crippen LogP contribution in [0.15, 0.2) is 30.5 Å². The maximum atomic E-state index is 12.5. The molecule has 2 aromatic rings. The van der Waals surface area contributed by atoms with Crippen molar-refractivity contribution >= 4 is 17.3 Å². The standard InChI is InChI=1S/C15H15N3O/c1-9-4-6-18-15(16)13(9)14(19)11-2-3-12-10(8-11)5-7-17-12/h2-4,6,8,17H,5,7H2,1H3,(H2,16,18). The molecular formula is C15H15N3O. The zero-order chi connectivity index (χ0) is 13.4. The van der Waals surface area contributed by atoms with Gasteiger partial charge in [-0.1, -0.05) is 0 Å². The van der Waals surface area contributed by atoms with Crippen molar-refractivity contribution in [3.05, 3.63) is 52.7 Å².